The maximum absolute atomic E-state index is 5.79. The number of hydrogen-bond donors (Lipinski definition) is 1. The largest absolute Gasteiger partial charge is 0.376 e. The Kier molecular flexibility index (Phi) is 10.2. The summed E-state index contributed by atoms with van der Waals surface area (Å²) in [6.07, 6.45) is 5.23. The third-order valence-corrected chi connectivity index (χ3v) is 6.04. The fraction of sp³-hybridized carbons (Fsp3) is 0.609. The van der Waals surface area contributed by atoms with Gasteiger partial charge in [0, 0.05) is 58.8 Å². The van der Waals surface area contributed by atoms with Crippen LogP contribution in [-0.4, -0.2) is 82.5 Å². The summed E-state index contributed by atoms with van der Waals surface area (Å²) in [6, 6.07) is 10.7. The number of hydrogen-bond acceptors (Lipinski definition) is 5. The van der Waals surface area contributed by atoms with E-state index < -0.39 is 0 Å². The van der Waals surface area contributed by atoms with Gasteiger partial charge in [0.15, 0.2) is 5.96 Å². The zero-order valence-electron chi connectivity index (χ0n) is 19.0. The first kappa shape index (κ1) is 24.9. The van der Waals surface area contributed by atoms with E-state index in [1.165, 1.54) is 5.56 Å². The molecule has 1 aromatic heterocycles. The molecule has 4 rings (SSSR count). The molecule has 1 aromatic carbocycles. The fourth-order valence-electron chi connectivity index (χ4n) is 4.23. The van der Waals surface area contributed by atoms with Crippen LogP contribution in [0.15, 0.2) is 41.7 Å². The van der Waals surface area contributed by atoms with Gasteiger partial charge in [-0.3, -0.25) is 9.89 Å². The molecule has 8 nitrogen and oxygen atoms in total. The smallest absolute Gasteiger partial charge is 0.194 e. The molecule has 3 heterocycles. The molecule has 0 bridgehead atoms. The zero-order valence-corrected chi connectivity index (χ0v) is 21.4. The second kappa shape index (κ2) is 13.1. The van der Waals surface area contributed by atoms with Crippen LogP contribution in [0, 0.1) is 0 Å². The molecule has 2 aliphatic rings. The molecule has 0 radical (unpaired) electrons. The Morgan fingerprint density at radius 1 is 1.19 bits per heavy atom. The fourth-order valence-corrected chi connectivity index (χ4v) is 4.23. The van der Waals surface area contributed by atoms with E-state index in [9.17, 15) is 0 Å². The van der Waals surface area contributed by atoms with Crippen molar-refractivity contribution in [1.82, 2.24) is 29.9 Å². The highest BCUT2D eigenvalue weighted by Gasteiger charge is 2.21. The summed E-state index contributed by atoms with van der Waals surface area (Å²) in [4.78, 5) is 9.86. The number of halogens is 1. The van der Waals surface area contributed by atoms with Crippen molar-refractivity contribution in [1.29, 1.82) is 0 Å². The van der Waals surface area contributed by atoms with Crippen LogP contribution >= 0.6 is 24.0 Å². The van der Waals surface area contributed by atoms with Crippen molar-refractivity contribution in [3.05, 3.63) is 48.0 Å². The lowest BCUT2D eigenvalue weighted by molar-refractivity contribution is 0.117. The van der Waals surface area contributed by atoms with E-state index in [-0.39, 0.29) is 30.1 Å². The lowest BCUT2D eigenvalue weighted by Crippen LogP contribution is -2.52. The van der Waals surface area contributed by atoms with Crippen molar-refractivity contribution < 1.29 is 4.74 Å². The monoisotopic (exact) mass is 553 g/mol. The molecule has 176 valence electrons. The minimum atomic E-state index is 0. The first-order valence-electron chi connectivity index (χ1n) is 11.6. The molecule has 0 spiro atoms. The van der Waals surface area contributed by atoms with Gasteiger partial charge in [-0.25, -0.2) is 0 Å². The van der Waals surface area contributed by atoms with Crippen molar-refractivity contribution in [3.63, 3.8) is 0 Å². The average Bonchev–Trinajstić information content (AvgIpc) is 3.49. The Balaban J connectivity index is 0.00000289. The highest BCUT2D eigenvalue weighted by Crippen LogP contribution is 2.13. The third kappa shape index (κ3) is 7.14. The van der Waals surface area contributed by atoms with Gasteiger partial charge in [-0.2, -0.15) is 0 Å². The van der Waals surface area contributed by atoms with Crippen LogP contribution in [0.5, 0.6) is 0 Å². The number of nitrogens with one attached hydrogen (secondary N) is 1. The van der Waals surface area contributed by atoms with Gasteiger partial charge in [0.1, 0.15) is 12.2 Å². The maximum atomic E-state index is 5.79. The molecule has 1 unspecified atom stereocenters. The number of aliphatic imine (C=N–C) groups is 1. The van der Waals surface area contributed by atoms with Gasteiger partial charge in [0.25, 0.3) is 0 Å². The van der Waals surface area contributed by atoms with E-state index in [0.29, 0.717) is 0 Å². The molecule has 2 aromatic rings. The molecule has 0 amide bonds. The molecular formula is C23H36IN7O. The summed E-state index contributed by atoms with van der Waals surface area (Å²) in [7, 11) is 0. The topological polar surface area (TPSA) is 70.8 Å². The molecule has 32 heavy (non-hydrogen) atoms. The van der Waals surface area contributed by atoms with Gasteiger partial charge < -0.3 is 19.5 Å². The van der Waals surface area contributed by atoms with Gasteiger partial charge in [-0.05, 0) is 18.4 Å². The molecule has 2 aliphatic heterocycles. The number of aryl methyl sites for hydroxylation is 1. The molecule has 2 saturated heterocycles. The Morgan fingerprint density at radius 2 is 2.00 bits per heavy atom. The van der Waals surface area contributed by atoms with E-state index >= 15 is 0 Å². The van der Waals surface area contributed by atoms with Crippen molar-refractivity contribution >= 4 is 29.9 Å². The van der Waals surface area contributed by atoms with Gasteiger partial charge in [-0.1, -0.05) is 37.3 Å². The molecular weight excluding hydrogens is 517 g/mol. The predicted molar refractivity (Wildman–Crippen MR) is 137 cm³/mol. The summed E-state index contributed by atoms with van der Waals surface area (Å²) in [6.45, 7) is 10.4. The Hall–Kier alpha value is -1.72. The van der Waals surface area contributed by atoms with Gasteiger partial charge in [0.05, 0.1) is 12.6 Å². The maximum Gasteiger partial charge on any atom is 0.194 e. The molecule has 0 aliphatic carbocycles. The highest BCUT2D eigenvalue weighted by atomic mass is 127. The first-order valence-corrected chi connectivity index (χ1v) is 11.6. The summed E-state index contributed by atoms with van der Waals surface area (Å²) < 4.78 is 7.90. The third-order valence-electron chi connectivity index (χ3n) is 6.04. The van der Waals surface area contributed by atoms with Gasteiger partial charge >= 0.3 is 0 Å². The number of benzene rings is 1. The second-order valence-electron chi connectivity index (χ2n) is 8.27. The van der Waals surface area contributed by atoms with E-state index in [1.807, 2.05) is 6.33 Å². The van der Waals surface area contributed by atoms with Crippen LogP contribution in [0.2, 0.25) is 0 Å². The number of rotatable bonds is 8. The average molecular weight is 553 g/mol. The minimum absolute atomic E-state index is 0. The van der Waals surface area contributed by atoms with E-state index in [4.69, 9.17) is 9.73 Å². The molecule has 9 heteroatoms. The van der Waals surface area contributed by atoms with Crippen LogP contribution in [0.25, 0.3) is 0 Å². The Bertz CT molecular complexity index is 815. The van der Waals surface area contributed by atoms with Crippen LogP contribution in [0.1, 0.15) is 31.2 Å². The van der Waals surface area contributed by atoms with Crippen LogP contribution < -0.4 is 5.32 Å². The second-order valence-corrected chi connectivity index (χ2v) is 8.27. The number of nitrogens with zero attached hydrogens (tertiary/aromatic N) is 6. The van der Waals surface area contributed by atoms with Crippen LogP contribution in [-0.2, 0) is 24.2 Å². The SMILES string of the molecule is CCc1nncn1CCNC(=NCC1CCCO1)N1CCN(Cc2ccccc2)CC1.I. The summed E-state index contributed by atoms with van der Waals surface area (Å²) in [5.74, 6) is 2.02. The quantitative estimate of drug-likeness (QED) is 0.308. The summed E-state index contributed by atoms with van der Waals surface area (Å²) in [5, 5.41) is 11.8. The van der Waals surface area contributed by atoms with E-state index in [2.05, 4.69) is 67.1 Å². The zero-order chi connectivity index (χ0) is 21.3. The first-order chi connectivity index (χ1) is 15.3. The van der Waals surface area contributed by atoms with Crippen molar-refractivity contribution in [2.24, 2.45) is 4.99 Å². The van der Waals surface area contributed by atoms with Gasteiger partial charge in [-0.15, -0.1) is 34.2 Å². The van der Waals surface area contributed by atoms with Crippen molar-refractivity contribution in [2.75, 3.05) is 45.9 Å². The normalized spacial score (nSPS) is 19.7. The lowest BCUT2D eigenvalue weighted by Gasteiger charge is -2.36. The number of ether oxygens (including phenoxy) is 1. The lowest BCUT2D eigenvalue weighted by atomic mass is 10.2. The Labute approximate surface area is 208 Å². The predicted octanol–water partition coefficient (Wildman–Crippen LogP) is 2.40. The van der Waals surface area contributed by atoms with Gasteiger partial charge in [0.2, 0.25) is 0 Å². The van der Waals surface area contributed by atoms with Crippen LogP contribution in [0.4, 0.5) is 0 Å². The number of guanidine groups is 1. The summed E-state index contributed by atoms with van der Waals surface area (Å²) >= 11 is 0. The number of piperazine rings is 1. The molecule has 0 saturated carbocycles. The standard InChI is InChI=1S/C23H35N7O.HI/c1-2-22-27-26-19-30(22)11-10-24-23(25-17-21-9-6-16-31-21)29-14-12-28(13-15-29)18-20-7-4-3-5-8-20;/h3-5,7-8,19,21H,2,6,9-18H2,1H3,(H,24,25);1H. The molecule has 1 atom stereocenters. The highest BCUT2D eigenvalue weighted by molar-refractivity contribution is 14.0. The molecule has 1 N–H and O–H groups in total. The van der Waals surface area contributed by atoms with Crippen molar-refractivity contribution in [2.45, 2.75) is 45.4 Å². The Morgan fingerprint density at radius 3 is 2.72 bits per heavy atom. The van der Waals surface area contributed by atoms with E-state index in [1.54, 1.807) is 0 Å². The minimum Gasteiger partial charge on any atom is -0.376 e. The summed E-state index contributed by atoms with van der Waals surface area (Å²) in [5.41, 5.74) is 1.38. The number of aromatic nitrogens is 3. The van der Waals surface area contributed by atoms with Crippen LogP contribution in [0.3, 0.4) is 0 Å². The van der Waals surface area contributed by atoms with E-state index in [0.717, 1.165) is 90.0 Å². The van der Waals surface area contributed by atoms with Crippen molar-refractivity contribution in [3.8, 4) is 0 Å². The molecule has 2 fully saturated rings.